The van der Waals surface area contributed by atoms with Crippen LogP contribution in [-0.2, 0) is 0 Å². The highest BCUT2D eigenvalue weighted by Crippen LogP contribution is 2.18. The van der Waals surface area contributed by atoms with Crippen molar-refractivity contribution in [2.24, 2.45) is 0 Å². The molecule has 0 aliphatic rings. The van der Waals surface area contributed by atoms with Crippen molar-refractivity contribution < 1.29 is 9.53 Å². The molecule has 1 rings (SSSR count). The number of hydrogen-bond donors (Lipinski definition) is 0. The Morgan fingerprint density at radius 2 is 1.83 bits per heavy atom. The minimum Gasteiger partial charge on any atom is -0.493 e. The van der Waals surface area contributed by atoms with E-state index in [4.69, 9.17) is 4.74 Å². The Balaban J connectivity index is 2.21. The van der Waals surface area contributed by atoms with E-state index in [1.165, 1.54) is 32.1 Å². The maximum Gasteiger partial charge on any atom is 0.150 e. The standard InChI is InChI=1S/C16H24O2/c1-3-4-5-6-7-8-11-18-16-10-9-15(13-17)12-14(16)2/h9-10,12-13H,3-8,11H2,1-2H3. The van der Waals surface area contributed by atoms with Gasteiger partial charge in [-0.2, -0.15) is 0 Å². The lowest BCUT2D eigenvalue weighted by molar-refractivity contribution is 0.112. The highest BCUT2D eigenvalue weighted by molar-refractivity contribution is 5.75. The summed E-state index contributed by atoms with van der Waals surface area (Å²) < 4.78 is 5.73. The molecule has 1 aromatic rings. The summed E-state index contributed by atoms with van der Waals surface area (Å²) in [6, 6.07) is 5.55. The van der Waals surface area contributed by atoms with E-state index in [9.17, 15) is 4.79 Å². The van der Waals surface area contributed by atoms with Crippen LogP contribution in [0.3, 0.4) is 0 Å². The van der Waals surface area contributed by atoms with Gasteiger partial charge in [0.1, 0.15) is 12.0 Å². The van der Waals surface area contributed by atoms with E-state index in [-0.39, 0.29) is 0 Å². The number of carbonyl (C=O) groups is 1. The Labute approximate surface area is 110 Å². The number of rotatable bonds is 9. The van der Waals surface area contributed by atoms with Gasteiger partial charge in [-0.1, -0.05) is 39.0 Å². The molecule has 0 amide bonds. The van der Waals surface area contributed by atoms with E-state index in [1.807, 2.05) is 19.1 Å². The van der Waals surface area contributed by atoms with Crippen LogP contribution in [0.5, 0.6) is 5.75 Å². The predicted molar refractivity (Wildman–Crippen MR) is 75.4 cm³/mol. The molecule has 2 heteroatoms. The lowest BCUT2D eigenvalue weighted by atomic mass is 10.1. The minimum atomic E-state index is 0.708. The van der Waals surface area contributed by atoms with Crippen molar-refractivity contribution in [2.45, 2.75) is 52.4 Å². The van der Waals surface area contributed by atoms with Gasteiger partial charge in [0.05, 0.1) is 6.61 Å². The molecule has 0 unspecified atom stereocenters. The molecule has 0 bridgehead atoms. The number of unbranched alkanes of at least 4 members (excludes halogenated alkanes) is 5. The molecule has 0 saturated heterocycles. The Morgan fingerprint density at radius 1 is 1.11 bits per heavy atom. The molecular formula is C16H24O2. The highest BCUT2D eigenvalue weighted by Gasteiger charge is 2.00. The van der Waals surface area contributed by atoms with Gasteiger partial charge in [0, 0.05) is 5.56 Å². The summed E-state index contributed by atoms with van der Waals surface area (Å²) in [5.41, 5.74) is 1.74. The van der Waals surface area contributed by atoms with Crippen molar-refractivity contribution >= 4 is 6.29 Å². The molecule has 0 aliphatic carbocycles. The maximum absolute atomic E-state index is 10.6. The Hall–Kier alpha value is -1.31. The van der Waals surface area contributed by atoms with Crippen LogP contribution in [-0.4, -0.2) is 12.9 Å². The van der Waals surface area contributed by atoms with Gasteiger partial charge >= 0.3 is 0 Å². The van der Waals surface area contributed by atoms with Crippen LogP contribution in [0.4, 0.5) is 0 Å². The van der Waals surface area contributed by atoms with Gasteiger partial charge in [-0.15, -0.1) is 0 Å². The summed E-state index contributed by atoms with van der Waals surface area (Å²) in [4.78, 5) is 10.6. The lowest BCUT2D eigenvalue weighted by Crippen LogP contribution is -1.99. The largest absolute Gasteiger partial charge is 0.493 e. The highest BCUT2D eigenvalue weighted by atomic mass is 16.5. The van der Waals surface area contributed by atoms with Crippen LogP contribution >= 0.6 is 0 Å². The van der Waals surface area contributed by atoms with Gasteiger partial charge in [0.25, 0.3) is 0 Å². The van der Waals surface area contributed by atoms with Gasteiger partial charge in [0.15, 0.2) is 0 Å². The van der Waals surface area contributed by atoms with Crippen molar-refractivity contribution in [3.8, 4) is 5.75 Å². The molecule has 100 valence electrons. The Kier molecular flexibility index (Phi) is 7.16. The van der Waals surface area contributed by atoms with Gasteiger partial charge in [-0.3, -0.25) is 4.79 Å². The van der Waals surface area contributed by atoms with Crippen LogP contribution in [0.2, 0.25) is 0 Å². The summed E-state index contributed by atoms with van der Waals surface area (Å²) in [6.07, 6.45) is 8.49. The van der Waals surface area contributed by atoms with E-state index in [1.54, 1.807) is 6.07 Å². The second-order valence-corrected chi connectivity index (χ2v) is 4.76. The first kappa shape index (κ1) is 14.7. The van der Waals surface area contributed by atoms with Crippen LogP contribution in [0.15, 0.2) is 18.2 Å². The van der Waals surface area contributed by atoms with Gasteiger partial charge in [0.2, 0.25) is 0 Å². The summed E-state index contributed by atoms with van der Waals surface area (Å²) in [6.45, 7) is 4.98. The summed E-state index contributed by atoms with van der Waals surface area (Å²) in [5.74, 6) is 0.897. The van der Waals surface area contributed by atoms with Crippen molar-refractivity contribution in [2.75, 3.05) is 6.61 Å². The fraction of sp³-hybridized carbons (Fsp3) is 0.562. The summed E-state index contributed by atoms with van der Waals surface area (Å²) in [5, 5.41) is 0. The summed E-state index contributed by atoms with van der Waals surface area (Å²) >= 11 is 0. The van der Waals surface area contributed by atoms with Gasteiger partial charge in [-0.05, 0) is 37.1 Å². The number of aryl methyl sites for hydroxylation is 1. The summed E-state index contributed by atoms with van der Waals surface area (Å²) in [7, 11) is 0. The molecule has 0 heterocycles. The topological polar surface area (TPSA) is 26.3 Å². The van der Waals surface area contributed by atoms with E-state index < -0.39 is 0 Å². The first-order valence-electron chi connectivity index (χ1n) is 6.96. The molecule has 2 nitrogen and oxygen atoms in total. The second kappa shape index (κ2) is 8.73. The van der Waals surface area contributed by atoms with Crippen LogP contribution < -0.4 is 4.74 Å². The average molecular weight is 248 g/mol. The molecule has 0 aliphatic heterocycles. The normalized spacial score (nSPS) is 10.3. The second-order valence-electron chi connectivity index (χ2n) is 4.76. The molecule has 0 aromatic heterocycles. The number of hydrogen-bond acceptors (Lipinski definition) is 2. The average Bonchev–Trinajstić information content (AvgIpc) is 2.39. The molecule has 0 saturated carbocycles. The van der Waals surface area contributed by atoms with Crippen LogP contribution in [0.25, 0.3) is 0 Å². The van der Waals surface area contributed by atoms with Crippen molar-refractivity contribution in [1.82, 2.24) is 0 Å². The fourth-order valence-electron chi connectivity index (χ4n) is 1.97. The zero-order valence-corrected chi connectivity index (χ0v) is 11.6. The third-order valence-electron chi connectivity index (χ3n) is 3.09. The molecule has 0 fully saturated rings. The van der Waals surface area contributed by atoms with Crippen molar-refractivity contribution in [3.05, 3.63) is 29.3 Å². The van der Waals surface area contributed by atoms with Gasteiger partial charge < -0.3 is 4.74 Å². The first-order chi connectivity index (χ1) is 8.77. The quantitative estimate of drug-likeness (QED) is 0.473. The van der Waals surface area contributed by atoms with E-state index in [0.29, 0.717) is 5.56 Å². The first-order valence-corrected chi connectivity index (χ1v) is 6.96. The molecule has 0 spiro atoms. The number of carbonyl (C=O) groups excluding carboxylic acids is 1. The van der Waals surface area contributed by atoms with Crippen molar-refractivity contribution in [1.29, 1.82) is 0 Å². The molecule has 0 radical (unpaired) electrons. The SMILES string of the molecule is CCCCCCCCOc1ccc(C=O)cc1C. The van der Waals surface area contributed by atoms with E-state index >= 15 is 0 Å². The van der Waals surface area contributed by atoms with Gasteiger partial charge in [-0.25, -0.2) is 0 Å². The molecular weight excluding hydrogens is 224 g/mol. The third-order valence-corrected chi connectivity index (χ3v) is 3.09. The number of benzene rings is 1. The number of ether oxygens (including phenoxy) is 1. The molecule has 0 atom stereocenters. The van der Waals surface area contributed by atoms with Crippen molar-refractivity contribution in [3.63, 3.8) is 0 Å². The zero-order valence-electron chi connectivity index (χ0n) is 11.6. The fourth-order valence-corrected chi connectivity index (χ4v) is 1.97. The third kappa shape index (κ3) is 5.35. The molecule has 1 aromatic carbocycles. The monoisotopic (exact) mass is 248 g/mol. The van der Waals surface area contributed by atoms with Crippen LogP contribution in [0, 0.1) is 6.92 Å². The molecule has 18 heavy (non-hydrogen) atoms. The molecule has 0 N–H and O–H groups in total. The minimum absolute atomic E-state index is 0.708. The maximum atomic E-state index is 10.6. The van der Waals surface area contributed by atoms with E-state index in [2.05, 4.69) is 6.92 Å². The Morgan fingerprint density at radius 3 is 2.50 bits per heavy atom. The lowest BCUT2D eigenvalue weighted by Gasteiger charge is -2.09. The smallest absolute Gasteiger partial charge is 0.150 e. The number of aldehydes is 1. The zero-order chi connectivity index (χ0) is 13.2. The van der Waals surface area contributed by atoms with E-state index in [0.717, 1.165) is 30.6 Å². The predicted octanol–water partition coefficient (Wildman–Crippen LogP) is 4.55. The van der Waals surface area contributed by atoms with Crippen LogP contribution in [0.1, 0.15) is 61.4 Å². The Bertz CT molecular complexity index is 358.